The summed E-state index contributed by atoms with van der Waals surface area (Å²) in [5, 5.41) is 1.02. The molecule has 1 saturated heterocycles. The second kappa shape index (κ2) is 6.99. The number of piperidine rings is 1. The number of aromatic amines is 1. The Morgan fingerprint density at radius 3 is 2.59 bits per heavy atom. The number of imidazole rings is 1. The van der Waals surface area contributed by atoms with Crippen LogP contribution in [0.15, 0.2) is 48.5 Å². The lowest BCUT2D eigenvalue weighted by Gasteiger charge is -2.31. The third-order valence-corrected chi connectivity index (χ3v) is 5.97. The Hall–Kier alpha value is -3.21. The van der Waals surface area contributed by atoms with Crippen LogP contribution in [-0.4, -0.2) is 38.8 Å². The van der Waals surface area contributed by atoms with E-state index in [9.17, 15) is 4.79 Å². The van der Waals surface area contributed by atoms with Gasteiger partial charge in [-0.1, -0.05) is 23.8 Å². The van der Waals surface area contributed by atoms with Crippen LogP contribution < -0.4 is 0 Å². The quantitative estimate of drug-likeness (QED) is 0.543. The second-order valence-electron chi connectivity index (χ2n) is 8.02. The number of carbonyl (C=O) groups is 1. The lowest BCUT2D eigenvalue weighted by molar-refractivity contribution is 0.0710. The summed E-state index contributed by atoms with van der Waals surface area (Å²) in [7, 11) is 0. The Morgan fingerprint density at radius 2 is 1.79 bits per heavy atom. The summed E-state index contributed by atoms with van der Waals surface area (Å²) in [6.07, 6.45) is 1.84. The minimum absolute atomic E-state index is 0.0847. The van der Waals surface area contributed by atoms with Crippen LogP contribution in [0.4, 0.5) is 0 Å². The first-order valence-corrected chi connectivity index (χ1v) is 10.2. The lowest BCUT2D eigenvalue weighted by Crippen LogP contribution is -2.38. The van der Waals surface area contributed by atoms with Crippen molar-refractivity contribution in [1.82, 2.24) is 19.9 Å². The number of para-hydroxylation sites is 2. The summed E-state index contributed by atoms with van der Waals surface area (Å²) in [6.45, 7) is 5.47. The van der Waals surface area contributed by atoms with Crippen molar-refractivity contribution in [2.24, 2.45) is 0 Å². The van der Waals surface area contributed by atoms with Crippen molar-refractivity contribution in [3.05, 3.63) is 71.2 Å². The molecule has 1 aliphatic heterocycles. The number of amides is 1. The molecule has 0 aliphatic carbocycles. The molecule has 5 heteroatoms. The molecule has 0 atom stereocenters. The molecule has 2 aromatic carbocycles. The first kappa shape index (κ1) is 17.9. The number of rotatable bonds is 2. The molecule has 0 radical (unpaired) electrons. The Morgan fingerprint density at radius 1 is 1.00 bits per heavy atom. The standard InChI is InChI=1S/C24H24N4O/c1-15-7-8-20-18(13-15)14-19(16(2)25-20)24(29)28-11-9-17(10-12-28)23-26-21-5-3-4-6-22(21)27-23/h3-8,13-14,17H,9-12H2,1-2H3,(H,26,27). The fourth-order valence-electron chi connectivity index (χ4n) is 4.30. The van der Waals surface area contributed by atoms with Gasteiger partial charge in [0.2, 0.25) is 0 Å². The van der Waals surface area contributed by atoms with Crippen LogP contribution in [0.3, 0.4) is 0 Å². The summed E-state index contributed by atoms with van der Waals surface area (Å²) in [6, 6.07) is 16.3. The first-order chi connectivity index (χ1) is 14.1. The molecule has 1 N–H and O–H groups in total. The third-order valence-electron chi connectivity index (χ3n) is 5.97. The van der Waals surface area contributed by atoms with Gasteiger partial charge >= 0.3 is 0 Å². The van der Waals surface area contributed by atoms with Gasteiger partial charge in [0.15, 0.2) is 0 Å². The summed E-state index contributed by atoms with van der Waals surface area (Å²) >= 11 is 0. The van der Waals surface area contributed by atoms with Crippen LogP contribution >= 0.6 is 0 Å². The van der Waals surface area contributed by atoms with Crippen molar-refractivity contribution in [2.75, 3.05) is 13.1 Å². The molecule has 5 nitrogen and oxygen atoms in total. The van der Waals surface area contributed by atoms with Crippen molar-refractivity contribution in [2.45, 2.75) is 32.6 Å². The predicted octanol–water partition coefficient (Wildman–Crippen LogP) is 4.75. The molecule has 29 heavy (non-hydrogen) atoms. The highest BCUT2D eigenvalue weighted by Crippen LogP contribution is 2.29. The van der Waals surface area contributed by atoms with Gasteiger partial charge in [0, 0.05) is 24.4 Å². The molecule has 1 aliphatic rings. The fraction of sp³-hybridized carbons (Fsp3) is 0.292. The molecule has 2 aromatic heterocycles. The summed E-state index contributed by atoms with van der Waals surface area (Å²) in [5.74, 6) is 1.49. The molecule has 3 heterocycles. The fourth-order valence-corrected chi connectivity index (χ4v) is 4.30. The topological polar surface area (TPSA) is 61.9 Å². The van der Waals surface area contributed by atoms with E-state index in [0.717, 1.165) is 59.4 Å². The number of likely N-dealkylation sites (tertiary alicyclic amines) is 1. The van der Waals surface area contributed by atoms with E-state index in [1.165, 1.54) is 5.56 Å². The van der Waals surface area contributed by atoms with Gasteiger partial charge in [-0.3, -0.25) is 9.78 Å². The van der Waals surface area contributed by atoms with Gasteiger partial charge in [-0.25, -0.2) is 4.98 Å². The number of benzene rings is 2. The van der Waals surface area contributed by atoms with Crippen LogP contribution in [0.2, 0.25) is 0 Å². The molecule has 1 amide bonds. The zero-order chi connectivity index (χ0) is 20.0. The maximum absolute atomic E-state index is 13.2. The molecule has 0 spiro atoms. The smallest absolute Gasteiger partial charge is 0.255 e. The molecule has 0 unspecified atom stereocenters. The second-order valence-corrected chi connectivity index (χ2v) is 8.02. The van der Waals surface area contributed by atoms with Crippen molar-refractivity contribution >= 4 is 27.8 Å². The van der Waals surface area contributed by atoms with E-state index in [1.807, 2.05) is 42.2 Å². The maximum Gasteiger partial charge on any atom is 0.255 e. The average Bonchev–Trinajstić information content (AvgIpc) is 3.17. The lowest BCUT2D eigenvalue weighted by atomic mass is 9.95. The maximum atomic E-state index is 13.2. The molecule has 5 rings (SSSR count). The number of aryl methyl sites for hydroxylation is 2. The van der Waals surface area contributed by atoms with Gasteiger partial charge in [0.25, 0.3) is 5.91 Å². The van der Waals surface area contributed by atoms with Gasteiger partial charge in [-0.05, 0) is 57.0 Å². The first-order valence-electron chi connectivity index (χ1n) is 10.2. The molecule has 0 saturated carbocycles. The zero-order valence-electron chi connectivity index (χ0n) is 16.8. The van der Waals surface area contributed by atoms with Crippen molar-refractivity contribution < 1.29 is 4.79 Å². The summed E-state index contributed by atoms with van der Waals surface area (Å²) < 4.78 is 0. The van der Waals surface area contributed by atoms with Gasteiger partial charge in [0.05, 0.1) is 27.8 Å². The number of pyridine rings is 1. The van der Waals surface area contributed by atoms with E-state index in [-0.39, 0.29) is 5.91 Å². The molecule has 0 bridgehead atoms. The number of carbonyl (C=O) groups excluding carboxylic acids is 1. The largest absolute Gasteiger partial charge is 0.342 e. The van der Waals surface area contributed by atoms with Crippen LogP contribution in [-0.2, 0) is 0 Å². The average molecular weight is 384 g/mol. The molecule has 146 valence electrons. The molecular formula is C24H24N4O. The van der Waals surface area contributed by atoms with Gasteiger partial charge < -0.3 is 9.88 Å². The minimum Gasteiger partial charge on any atom is -0.342 e. The third kappa shape index (κ3) is 3.27. The zero-order valence-corrected chi connectivity index (χ0v) is 16.8. The van der Waals surface area contributed by atoms with Gasteiger partial charge in [-0.2, -0.15) is 0 Å². The van der Waals surface area contributed by atoms with E-state index in [1.54, 1.807) is 0 Å². The van der Waals surface area contributed by atoms with Crippen LogP contribution in [0.25, 0.3) is 21.9 Å². The van der Waals surface area contributed by atoms with E-state index in [4.69, 9.17) is 4.98 Å². The van der Waals surface area contributed by atoms with E-state index >= 15 is 0 Å². The minimum atomic E-state index is 0.0847. The normalized spacial score (nSPS) is 15.3. The number of H-pyrrole nitrogens is 1. The van der Waals surface area contributed by atoms with Gasteiger partial charge in [-0.15, -0.1) is 0 Å². The van der Waals surface area contributed by atoms with E-state index in [2.05, 4.69) is 35.1 Å². The highest BCUT2D eigenvalue weighted by atomic mass is 16.2. The molecule has 4 aromatic rings. The van der Waals surface area contributed by atoms with Gasteiger partial charge in [0.1, 0.15) is 5.82 Å². The van der Waals surface area contributed by atoms with Crippen molar-refractivity contribution in [3.63, 3.8) is 0 Å². The van der Waals surface area contributed by atoms with E-state index in [0.29, 0.717) is 11.5 Å². The number of nitrogens with zero attached hydrogens (tertiary/aromatic N) is 3. The Labute approximate surface area is 169 Å². The number of aromatic nitrogens is 3. The highest BCUT2D eigenvalue weighted by Gasteiger charge is 2.27. The number of hydrogen-bond donors (Lipinski definition) is 1. The predicted molar refractivity (Wildman–Crippen MR) is 115 cm³/mol. The van der Waals surface area contributed by atoms with Crippen molar-refractivity contribution in [1.29, 1.82) is 0 Å². The molecule has 1 fully saturated rings. The molecular weight excluding hydrogens is 360 g/mol. The SMILES string of the molecule is Cc1ccc2nc(C)c(C(=O)N3CCC(c4nc5ccccc5[nH]4)CC3)cc2c1. The monoisotopic (exact) mass is 384 g/mol. The van der Waals surface area contributed by atoms with Crippen LogP contribution in [0, 0.1) is 13.8 Å². The van der Waals surface area contributed by atoms with Crippen LogP contribution in [0.5, 0.6) is 0 Å². The van der Waals surface area contributed by atoms with E-state index < -0.39 is 0 Å². The Bertz CT molecular complexity index is 1190. The number of nitrogens with one attached hydrogen (secondary N) is 1. The van der Waals surface area contributed by atoms with Crippen LogP contribution in [0.1, 0.15) is 46.2 Å². The Balaban J connectivity index is 1.34. The summed E-state index contributed by atoms with van der Waals surface area (Å²) in [5.41, 5.74) is 5.71. The number of fused-ring (bicyclic) bond motifs is 2. The Kier molecular flexibility index (Phi) is 4.31. The summed E-state index contributed by atoms with van der Waals surface area (Å²) in [4.78, 5) is 28.0. The highest BCUT2D eigenvalue weighted by molar-refractivity contribution is 5.98. The van der Waals surface area contributed by atoms with Crippen molar-refractivity contribution in [3.8, 4) is 0 Å². The number of hydrogen-bond acceptors (Lipinski definition) is 3.